The molecule has 29 heavy (non-hydrogen) atoms. The summed E-state index contributed by atoms with van der Waals surface area (Å²) >= 11 is 0. The normalized spacial score (nSPS) is 18.8. The van der Waals surface area contributed by atoms with Crippen LogP contribution in [-0.2, 0) is 9.31 Å². The molecule has 2 aromatic rings. The fourth-order valence-corrected chi connectivity index (χ4v) is 3.36. The van der Waals surface area contributed by atoms with Crippen LogP contribution in [0.4, 0.5) is 0 Å². The molecule has 1 aliphatic rings. The van der Waals surface area contributed by atoms with Gasteiger partial charge in [-0.3, -0.25) is 0 Å². The summed E-state index contributed by atoms with van der Waals surface area (Å²) in [5, 5.41) is 3.23. The lowest BCUT2D eigenvalue weighted by atomic mass is 9.79. The Morgan fingerprint density at radius 3 is 1.86 bits per heavy atom. The van der Waals surface area contributed by atoms with Crippen LogP contribution in [0.1, 0.15) is 64.7 Å². The average Bonchev–Trinajstić information content (AvgIpc) is 2.89. The van der Waals surface area contributed by atoms with Crippen LogP contribution in [0.2, 0.25) is 0 Å². The summed E-state index contributed by atoms with van der Waals surface area (Å²) in [6.07, 6.45) is -0.0519. The van der Waals surface area contributed by atoms with Gasteiger partial charge in [-0.05, 0) is 69.4 Å². The Balaban J connectivity index is 1.71. The first-order chi connectivity index (χ1) is 13.6. The van der Waals surface area contributed by atoms with E-state index in [1.165, 1.54) is 11.1 Å². The molecule has 1 aliphatic heterocycles. The SMILES string of the molecule is CNCC(Oc1ccc(B2OC(C)(C)C(C)(C)O2)cc1)c1ccc(C(C)C)cc1. The van der Waals surface area contributed by atoms with Gasteiger partial charge in [0.05, 0.1) is 11.2 Å². The second kappa shape index (κ2) is 8.51. The predicted molar refractivity (Wildman–Crippen MR) is 120 cm³/mol. The van der Waals surface area contributed by atoms with E-state index >= 15 is 0 Å². The van der Waals surface area contributed by atoms with Gasteiger partial charge in [0, 0.05) is 6.54 Å². The maximum absolute atomic E-state index is 6.30. The van der Waals surface area contributed by atoms with Gasteiger partial charge in [-0.1, -0.05) is 50.2 Å². The summed E-state index contributed by atoms with van der Waals surface area (Å²) in [6, 6.07) is 16.7. The molecular weight excluding hydrogens is 361 g/mol. The summed E-state index contributed by atoms with van der Waals surface area (Å²) < 4.78 is 18.6. The fourth-order valence-electron chi connectivity index (χ4n) is 3.36. The Kier molecular flexibility index (Phi) is 6.42. The Morgan fingerprint density at radius 2 is 1.38 bits per heavy atom. The molecule has 1 atom stereocenters. The minimum atomic E-state index is -0.356. The van der Waals surface area contributed by atoms with E-state index in [0.717, 1.165) is 17.8 Å². The maximum Gasteiger partial charge on any atom is 0.494 e. The summed E-state index contributed by atoms with van der Waals surface area (Å²) in [7, 11) is 1.59. The van der Waals surface area contributed by atoms with Gasteiger partial charge in [0.2, 0.25) is 0 Å². The highest BCUT2D eigenvalue weighted by Gasteiger charge is 2.51. The minimum absolute atomic E-state index is 0.0519. The summed E-state index contributed by atoms with van der Waals surface area (Å²) in [5.74, 6) is 1.36. The molecule has 0 amide bonds. The van der Waals surface area contributed by atoms with Crippen LogP contribution in [0, 0.1) is 0 Å². The second-order valence-electron chi connectivity index (χ2n) is 9.14. The van der Waals surface area contributed by atoms with Crippen LogP contribution >= 0.6 is 0 Å². The first-order valence-corrected chi connectivity index (χ1v) is 10.5. The third kappa shape index (κ3) is 4.85. The van der Waals surface area contributed by atoms with Gasteiger partial charge < -0.3 is 19.4 Å². The highest BCUT2D eigenvalue weighted by Crippen LogP contribution is 2.36. The maximum atomic E-state index is 6.30. The molecule has 0 aliphatic carbocycles. The summed E-state index contributed by atoms with van der Waals surface area (Å²) in [5.41, 5.74) is 2.82. The molecule has 0 saturated carbocycles. The molecule has 3 rings (SSSR count). The van der Waals surface area contributed by atoms with Crippen molar-refractivity contribution in [3.05, 3.63) is 59.7 Å². The minimum Gasteiger partial charge on any atom is -0.484 e. The van der Waals surface area contributed by atoms with Crippen molar-refractivity contribution in [1.82, 2.24) is 5.32 Å². The van der Waals surface area contributed by atoms with Gasteiger partial charge in [-0.25, -0.2) is 0 Å². The molecule has 5 heteroatoms. The van der Waals surface area contributed by atoms with E-state index in [0.29, 0.717) is 5.92 Å². The average molecular weight is 395 g/mol. The zero-order valence-corrected chi connectivity index (χ0v) is 18.8. The number of hydrogen-bond acceptors (Lipinski definition) is 4. The Labute approximate surface area is 176 Å². The largest absolute Gasteiger partial charge is 0.494 e. The predicted octanol–water partition coefficient (Wildman–Crippen LogP) is 4.45. The zero-order chi connectivity index (χ0) is 21.2. The van der Waals surface area contributed by atoms with Crippen molar-refractivity contribution in [3.63, 3.8) is 0 Å². The van der Waals surface area contributed by atoms with Crippen molar-refractivity contribution >= 4 is 12.6 Å². The van der Waals surface area contributed by atoms with E-state index in [2.05, 4.69) is 71.1 Å². The van der Waals surface area contributed by atoms with Crippen LogP contribution in [0.25, 0.3) is 0 Å². The van der Waals surface area contributed by atoms with E-state index in [4.69, 9.17) is 14.0 Å². The molecule has 156 valence electrons. The number of likely N-dealkylation sites (N-methyl/N-ethyl adjacent to an activating group) is 1. The van der Waals surface area contributed by atoms with Gasteiger partial charge in [0.25, 0.3) is 0 Å². The van der Waals surface area contributed by atoms with Gasteiger partial charge in [0.1, 0.15) is 11.9 Å². The first kappa shape index (κ1) is 21.9. The van der Waals surface area contributed by atoms with E-state index in [1.807, 2.05) is 31.3 Å². The Morgan fingerprint density at radius 1 is 0.862 bits per heavy atom. The molecule has 1 fully saturated rings. The molecule has 0 radical (unpaired) electrons. The van der Waals surface area contributed by atoms with Gasteiger partial charge in [0.15, 0.2) is 0 Å². The number of ether oxygens (including phenoxy) is 1. The van der Waals surface area contributed by atoms with Crippen LogP contribution in [0.3, 0.4) is 0 Å². The van der Waals surface area contributed by atoms with Gasteiger partial charge in [-0.2, -0.15) is 0 Å². The number of benzene rings is 2. The topological polar surface area (TPSA) is 39.7 Å². The van der Waals surface area contributed by atoms with Crippen molar-refractivity contribution in [3.8, 4) is 5.75 Å². The van der Waals surface area contributed by atoms with Crippen LogP contribution in [0.5, 0.6) is 5.75 Å². The molecule has 1 saturated heterocycles. The highest BCUT2D eigenvalue weighted by atomic mass is 16.7. The van der Waals surface area contributed by atoms with Crippen LogP contribution < -0.4 is 15.5 Å². The monoisotopic (exact) mass is 395 g/mol. The molecule has 0 aromatic heterocycles. The smallest absolute Gasteiger partial charge is 0.484 e. The summed E-state index contributed by atoms with van der Waals surface area (Å²) in [4.78, 5) is 0. The van der Waals surface area contributed by atoms with Crippen molar-refractivity contribution in [2.45, 2.75) is 64.8 Å². The highest BCUT2D eigenvalue weighted by molar-refractivity contribution is 6.62. The van der Waals surface area contributed by atoms with Crippen molar-refractivity contribution in [2.24, 2.45) is 0 Å². The molecule has 1 N–H and O–H groups in total. The number of hydrogen-bond donors (Lipinski definition) is 1. The van der Waals surface area contributed by atoms with Gasteiger partial charge in [-0.15, -0.1) is 0 Å². The molecule has 1 heterocycles. The first-order valence-electron chi connectivity index (χ1n) is 10.5. The molecular formula is C24H34BNO3. The van der Waals surface area contributed by atoms with Crippen molar-refractivity contribution in [2.75, 3.05) is 13.6 Å². The molecule has 0 bridgehead atoms. The third-order valence-electron chi connectivity index (χ3n) is 6.05. The van der Waals surface area contributed by atoms with Crippen LogP contribution in [0.15, 0.2) is 48.5 Å². The van der Waals surface area contributed by atoms with E-state index in [-0.39, 0.29) is 24.4 Å². The van der Waals surface area contributed by atoms with Gasteiger partial charge >= 0.3 is 7.12 Å². The molecule has 1 unspecified atom stereocenters. The van der Waals surface area contributed by atoms with E-state index in [1.54, 1.807) is 0 Å². The lowest BCUT2D eigenvalue weighted by Crippen LogP contribution is -2.41. The molecule has 2 aromatic carbocycles. The molecule has 4 nitrogen and oxygen atoms in total. The fraction of sp³-hybridized carbons (Fsp3) is 0.500. The van der Waals surface area contributed by atoms with E-state index < -0.39 is 0 Å². The second-order valence-corrected chi connectivity index (χ2v) is 9.14. The third-order valence-corrected chi connectivity index (χ3v) is 6.05. The van der Waals surface area contributed by atoms with Crippen LogP contribution in [-0.4, -0.2) is 31.9 Å². The lowest BCUT2D eigenvalue weighted by molar-refractivity contribution is 0.00578. The Hall–Kier alpha value is -1.82. The Bertz CT molecular complexity index is 784. The lowest BCUT2D eigenvalue weighted by Gasteiger charge is -2.32. The zero-order valence-electron chi connectivity index (χ0n) is 18.8. The van der Waals surface area contributed by atoms with Crippen molar-refractivity contribution < 1.29 is 14.0 Å². The summed E-state index contributed by atoms with van der Waals surface area (Å²) in [6.45, 7) is 13.4. The van der Waals surface area contributed by atoms with E-state index in [9.17, 15) is 0 Å². The number of rotatable bonds is 7. The standard InChI is InChI=1S/C24H34BNO3/c1-17(2)18-8-10-19(11-9-18)22(16-26-7)27-21-14-12-20(13-15-21)25-28-23(3,4)24(5,6)29-25/h8-15,17,22,26H,16H2,1-7H3. The number of nitrogens with one attached hydrogen (secondary N) is 1. The van der Waals surface area contributed by atoms with Crippen molar-refractivity contribution in [1.29, 1.82) is 0 Å². The quantitative estimate of drug-likeness (QED) is 0.704. The molecule has 0 spiro atoms.